The average molecular weight is 451 g/mol. The van der Waals surface area contributed by atoms with Crippen molar-refractivity contribution in [2.75, 3.05) is 0 Å². The van der Waals surface area contributed by atoms with Crippen molar-refractivity contribution in [3.8, 4) is 0 Å². The third kappa shape index (κ3) is 3.69. The molecule has 2 aliphatic heterocycles. The molecule has 0 nitrogen and oxygen atoms in total. The van der Waals surface area contributed by atoms with Crippen molar-refractivity contribution in [3.05, 3.63) is 72.9 Å². The van der Waals surface area contributed by atoms with Gasteiger partial charge in [0.2, 0.25) is 0 Å². The Morgan fingerprint density at radius 2 is 0.923 bits per heavy atom. The molecule has 0 N–H and O–H groups in total. The first-order valence-electron chi connectivity index (χ1n) is 8.17. The molecule has 2 aromatic rings. The van der Waals surface area contributed by atoms with Gasteiger partial charge in [0, 0.05) is 20.9 Å². The molecule has 2 aliphatic rings. The maximum atomic E-state index is 2.27. The Morgan fingerprint density at radius 1 is 0.577 bits per heavy atom. The Kier molecular flexibility index (Phi) is 5.89. The summed E-state index contributed by atoms with van der Waals surface area (Å²) in [5.74, 6) is 0. The second-order valence-electron chi connectivity index (χ2n) is 5.91. The molecule has 0 atom stereocenters. The van der Waals surface area contributed by atoms with Gasteiger partial charge in [0.05, 0.1) is 8.47 Å². The van der Waals surface area contributed by atoms with Gasteiger partial charge in [-0.25, -0.2) is 0 Å². The van der Waals surface area contributed by atoms with Crippen molar-refractivity contribution in [1.82, 2.24) is 0 Å². The van der Waals surface area contributed by atoms with Crippen LogP contribution in [0.5, 0.6) is 0 Å². The lowest BCUT2D eigenvalue weighted by atomic mass is 10.1. The number of rotatable bonds is 3. The maximum Gasteiger partial charge on any atom is 0.0586 e. The highest BCUT2D eigenvalue weighted by Crippen LogP contribution is 2.59. The third-order valence-corrected chi connectivity index (χ3v) is 11.2. The standard InChI is InChI=1S/C20H18S6/c1-11-12(2)24-19(23-11)17(15-7-5-9-21-15)18(16-8-6-10-22-16)20-25-13(3)14(4)26-20/h5-10H,1-4H3. The third-order valence-electron chi connectivity index (χ3n) is 4.17. The van der Waals surface area contributed by atoms with Crippen LogP contribution in [0.3, 0.4) is 0 Å². The van der Waals surface area contributed by atoms with E-state index in [9.17, 15) is 0 Å². The number of allylic oxidation sites excluding steroid dienone is 6. The highest BCUT2D eigenvalue weighted by atomic mass is 32.2. The van der Waals surface area contributed by atoms with Gasteiger partial charge in [0.15, 0.2) is 0 Å². The van der Waals surface area contributed by atoms with Gasteiger partial charge in [-0.15, -0.1) is 22.7 Å². The van der Waals surface area contributed by atoms with Crippen molar-refractivity contribution in [1.29, 1.82) is 0 Å². The van der Waals surface area contributed by atoms with Crippen LogP contribution in [0.25, 0.3) is 11.1 Å². The lowest BCUT2D eigenvalue weighted by Gasteiger charge is -2.16. The molecule has 0 aromatic carbocycles. The molecule has 0 saturated heterocycles. The number of hydrogen-bond acceptors (Lipinski definition) is 6. The highest BCUT2D eigenvalue weighted by Gasteiger charge is 2.28. The largest absolute Gasteiger partial charge is 0.144 e. The van der Waals surface area contributed by atoms with Crippen LogP contribution in [0, 0.1) is 0 Å². The molecule has 2 aromatic heterocycles. The van der Waals surface area contributed by atoms with E-state index < -0.39 is 0 Å². The van der Waals surface area contributed by atoms with Gasteiger partial charge in [0.1, 0.15) is 0 Å². The maximum absolute atomic E-state index is 2.27. The van der Waals surface area contributed by atoms with E-state index in [1.165, 1.54) is 49.0 Å². The highest BCUT2D eigenvalue weighted by molar-refractivity contribution is 8.29. The van der Waals surface area contributed by atoms with Crippen LogP contribution in [0.2, 0.25) is 0 Å². The molecule has 0 unspecified atom stereocenters. The second kappa shape index (κ2) is 8.02. The van der Waals surface area contributed by atoms with E-state index in [0.717, 1.165) is 0 Å². The van der Waals surface area contributed by atoms with Crippen LogP contribution in [0.1, 0.15) is 37.4 Å². The van der Waals surface area contributed by atoms with E-state index >= 15 is 0 Å². The summed E-state index contributed by atoms with van der Waals surface area (Å²) in [5.41, 5.74) is 2.82. The first kappa shape index (κ1) is 19.1. The van der Waals surface area contributed by atoms with E-state index in [1.807, 2.05) is 69.7 Å². The summed E-state index contributed by atoms with van der Waals surface area (Å²) in [6.45, 7) is 8.94. The fourth-order valence-corrected chi connectivity index (χ4v) is 9.68. The summed E-state index contributed by atoms with van der Waals surface area (Å²) >= 11 is 11.4. The van der Waals surface area contributed by atoms with E-state index in [0.29, 0.717) is 0 Å². The predicted octanol–water partition coefficient (Wildman–Crippen LogP) is 9.31. The van der Waals surface area contributed by atoms with Crippen LogP contribution in [0.15, 0.2) is 63.1 Å². The molecule has 26 heavy (non-hydrogen) atoms. The summed E-state index contributed by atoms with van der Waals surface area (Å²) in [7, 11) is 0. The molecule has 0 amide bonds. The Balaban J connectivity index is 1.93. The first-order valence-corrected chi connectivity index (χ1v) is 13.2. The Bertz CT molecular complexity index is 840. The SMILES string of the molecule is CC1=C(C)SC(=C(C(=C2SC(C)=C(C)S2)c2cccs2)c2cccs2)S1. The number of hydrogen-bond donors (Lipinski definition) is 0. The minimum atomic E-state index is 1.36. The summed E-state index contributed by atoms with van der Waals surface area (Å²) in [6, 6.07) is 8.86. The Labute approximate surface area is 180 Å². The number of thiophene rings is 2. The van der Waals surface area contributed by atoms with Crippen molar-refractivity contribution >= 4 is 80.9 Å². The van der Waals surface area contributed by atoms with E-state index in [1.54, 1.807) is 0 Å². The van der Waals surface area contributed by atoms with Crippen molar-refractivity contribution in [3.63, 3.8) is 0 Å². The van der Waals surface area contributed by atoms with Crippen LogP contribution in [-0.2, 0) is 0 Å². The molecule has 0 fully saturated rings. The van der Waals surface area contributed by atoms with Gasteiger partial charge in [-0.3, -0.25) is 0 Å². The van der Waals surface area contributed by atoms with Gasteiger partial charge in [0.25, 0.3) is 0 Å². The van der Waals surface area contributed by atoms with Crippen LogP contribution < -0.4 is 0 Å². The summed E-state index contributed by atoms with van der Waals surface area (Å²) < 4.78 is 2.84. The van der Waals surface area contributed by atoms with Crippen molar-refractivity contribution in [2.24, 2.45) is 0 Å². The molecule has 0 saturated carbocycles. The Morgan fingerprint density at radius 3 is 1.19 bits per heavy atom. The minimum absolute atomic E-state index is 1.36. The lowest BCUT2D eigenvalue weighted by molar-refractivity contribution is 1.57. The quantitative estimate of drug-likeness (QED) is 0.456. The summed E-state index contributed by atoms with van der Waals surface area (Å²) in [4.78, 5) is 8.42. The molecule has 4 heterocycles. The van der Waals surface area contributed by atoms with Gasteiger partial charge in [-0.05, 0) is 70.2 Å². The monoisotopic (exact) mass is 450 g/mol. The molecule has 0 bridgehead atoms. The summed E-state index contributed by atoms with van der Waals surface area (Å²) in [6.07, 6.45) is 0. The second-order valence-corrected chi connectivity index (χ2v) is 13.2. The van der Waals surface area contributed by atoms with Gasteiger partial charge < -0.3 is 0 Å². The summed E-state index contributed by atoms with van der Waals surface area (Å²) in [5, 5.41) is 4.38. The van der Waals surface area contributed by atoms with Gasteiger partial charge in [-0.1, -0.05) is 59.2 Å². The average Bonchev–Trinajstić information content (AvgIpc) is 3.37. The van der Waals surface area contributed by atoms with Crippen LogP contribution >= 0.6 is 69.7 Å². The zero-order valence-corrected chi connectivity index (χ0v) is 19.8. The van der Waals surface area contributed by atoms with Gasteiger partial charge in [-0.2, -0.15) is 0 Å². The first-order chi connectivity index (χ1) is 12.5. The zero-order valence-electron chi connectivity index (χ0n) is 14.9. The fourth-order valence-electron chi connectivity index (χ4n) is 2.58. The smallest absolute Gasteiger partial charge is 0.0586 e. The molecule has 0 spiro atoms. The van der Waals surface area contributed by atoms with Crippen LogP contribution in [0.4, 0.5) is 0 Å². The molecular weight excluding hydrogens is 433 g/mol. The topological polar surface area (TPSA) is 0 Å². The molecular formula is C20H18S6. The molecule has 134 valence electrons. The van der Waals surface area contributed by atoms with E-state index in [-0.39, 0.29) is 0 Å². The number of thioether (sulfide) groups is 4. The predicted molar refractivity (Wildman–Crippen MR) is 130 cm³/mol. The fraction of sp³-hybridized carbons (Fsp3) is 0.200. The molecule has 6 heteroatoms. The van der Waals surface area contributed by atoms with Crippen molar-refractivity contribution < 1.29 is 0 Å². The zero-order chi connectivity index (χ0) is 18.3. The van der Waals surface area contributed by atoms with Crippen LogP contribution in [-0.4, -0.2) is 0 Å². The van der Waals surface area contributed by atoms with Gasteiger partial charge >= 0.3 is 0 Å². The van der Waals surface area contributed by atoms with E-state index in [4.69, 9.17) is 0 Å². The van der Waals surface area contributed by atoms with Crippen molar-refractivity contribution in [2.45, 2.75) is 27.7 Å². The van der Waals surface area contributed by atoms with E-state index in [2.05, 4.69) is 62.7 Å². The molecule has 4 rings (SSSR count). The molecule has 0 aliphatic carbocycles. The minimum Gasteiger partial charge on any atom is -0.144 e. The molecule has 0 radical (unpaired) electrons. The normalized spacial score (nSPS) is 17.7. The lowest BCUT2D eigenvalue weighted by Crippen LogP contribution is -1.90. The Hall–Kier alpha value is -0.240.